The Bertz CT molecular complexity index is 695. The highest BCUT2D eigenvalue weighted by Crippen LogP contribution is 2.16. The van der Waals surface area contributed by atoms with Crippen LogP contribution in [-0.2, 0) is 0 Å². The van der Waals surface area contributed by atoms with Crippen molar-refractivity contribution in [1.29, 1.82) is 0 Å². The number of halogens is 1. The number of hydrogen-bond acceptors (Lipinski definition) is 3. The number of para-hydroxylation sites is 1. The molecule has 0 aliphatic heterocycles. The first-order chi connectivity index (χ1) is 9.50. The number of H-pyrrole nitrogens is 1. The molecule has 4 N–H and O–H groups in total. The molecule has 2 rings (SSSR count). The number of aromatic amines is 1. The maximum Gasteiger partial charge on any atom is 0.261 e. The molecule has 114 valence electrons. The van der Waals surface area contributed by atoms with Crippen LogP contribution < -0.4 is 16.6 Å². The fourth-order valence-corrected chi connectivity index (χ4v) is 2.18. The monoisotopic (exact) mass is 309 g/mol. The zero-order chi connectivity index (χ0) is 14.7. The maximum atomic E-state index is 12.1. The summed E-state index contributed by atoms with van der Waals surface area (Å²) in [5, 5.41) is 3.62. The van der Waals surface area contributed by atoms with Crippen molar-refractivity contribution in [3.63, 3.8) is 0 Å². The molecule has 1 aromatic carbocycles. The van der Waals surface area contributed by atoms with Crippen LogP contribution in [0.25, 0.3) is 10.9 Å². The SMILES string of the molecule is Cc1c(C(=O)NCCC(C)N)c(=O)[nH]c2ccccc12.Cl. The Morgan fingerprint density at radius 1 is 1.38 bits per heavy atom. The van der Waals surface area contributed by atoms with Crippen molar-refractivity contribution in [3.8, 4) is 0 Å². The van der Waals surface area contributed by atoms with Gasteiger partial charge in [0, 0.05) is 23.5 Å². The largest absolute Gasteiger partial charge is 0.352 e. The zero-order valence-electron chi connectivity index (χ0n) is 12.1. The summed E-state index contributed by atoms with van der Waals surface area (Å²) in [4.78, 5) is 26.9. The van der Waals surface area contributed by atoms with Gasteiger partial charge in [0.25, 0.3) is 11.5 Å². The average molecular weight is 310 g/mol. The van der Waals surface area contributed by atoms with Gasteiger partial charge in [0.15, 0.2) is 0 Å². The fourth-order valence-electron chi connectivity index (χ4n) is 2.18. The Hall–Kier alpha value is -1.85. The summed E-state index contributed by atoms with van der Waals surface area (Å²) >= 11 is 0. The van der Waals surface area contributed by atoms with Crippen LogP contribution in [-0.4, -0.2) is 23.5 Å². The van der Waals surface area contributed by atoms with Crippen molar-refractivity contribution in [2.75, 3.05) is 6.54 Å². The molecule has 0 fully saturated rings. The van der Waals surface area contributed by atoms with Gasteiger partial charge in [-0.3, -0.25) is 9.59 Å². The first kappa shape index (κ1) is 17.2. The third-order valence-electron chi connectivity index (χ3n) is 3.29. The van der Waals surface area contributed by atoms with Crippen molar-refractivity contribution < 1.29 is 4.79 Å². The van der Waals surface area contributed by atoms with Crippen molar-refractivity contribution in [3.05, 3.63) is 45.7 Å². The van der Waals surface area contributed by atoms with E-state index in [1.807, 2.05) is 31.2 Å². The number of benzene rings is 1. The highest BCUT2D eigenvalue weighted by atomic mass is 35.5. The van der Waals surface area contributed by atoms with E-state index in [0.717, 1.165) is 10.9 Å². The second-order valence-corrected chi connectivity index (χ2v) is 5.02. The number of nitrogens with two attached hydrogens (primary N) is 1. The molecule has 0 aliphatic rings. The standard InChI is InChI=1S/C15H19N3O2.ClH/c1-9(16)7-8-17-14(19)13-10(2)11-5-3-4-6-12(11)18-15(13)20;/h3-6,9H,7-8,16H2,1-2H3,(H,17,19)(H,18,20);1H. The van der Waals surface area contributed by atoms with Crippen molar-refractivity contribution >= 4 is 29.2 Å². The minimum atomic E-state index is -0.362. The van der Waals surface area contributed by atoms with Gasteiger partial charge in [-0.1, -0.05) is 18.2 Å². The molecule has 2 aromatic rings. The summed E-state index contributed by atoms with van der Waals surface area (Å²) < 4.78 is 0. The van der Waals surface area contributed by atoms with Crippen LogP contribution in [0.1, 0.15) is 29.3 Å². The molecule has 0 saturated heterocycles. The predicted octanol–water partition coefficient (Wildman–Crippen LogP) is 1.73. The number of carbonyl (C=O) groups is 1. The van der Waals surface area contributed by atoms with Crippen LogP contribution in [0.3, 0.4) is 0 Å². The number of fused-ring (bicyclic) bond motifs is 1. The van der Waals surface area contributed by atoms with E-state index in [0.29, 0.717) is 18.5 Å². The summed E-state index contributed by atoms with van der Waals surface area (Å²) in [5.74, 6) is -0.352. The molecule has 1 amide bonds. The van der Waals surface area contributed by atoms with E-state index in [1.54, 1.807) is 6.92 Å². The predicted molar refractivity (Wildman–Crippen MR) is 87.2 cm³/mol. The summed E-state index contributed by atoms with van der Waals surface area (Å²) in [6.07, 6.45) is 0.677. The zero-order valence-corrected chi connectivity index (χ0v) is 12.9. The Kier molecular flexibility index (Phi) is 5.93. The van der Waals surface area contributed by atoms with Gasteiger partial charge in [-0.2, -0.15) is 0 Å². The normalized spacial score (nSPS) is 11.8. The van der Waals surface area contributed by atoms with Crippen molar-refractivity contribution in [2.45, 2.75) is 26.3 Å². The van der Waals surface area contributed by atoms with Crippen LogP contribution in [0.2, 0.25) is 0 Å². The molecule has 0 saturated carbocycles. The Balaban J connectivity index is 0.00000220. The summed E-state index contributed by atoms with van der Waals surface area (Å²) in [6, 6.07) is 7.46. The quantitative estimate of drug-likeness (QED) is 0.803. The Morgan fingerprint density at radius 3 is 2.71 bits per heavy atom. The number of carbonyl (C=O) groups excluding carboxylic acids is 1. The van der Waals surface area contributed by atoms with Gasteiger partial charge in [0.1, 0.15) is 5.56 Å². The number of rotatable bonds is 4. The van der Waals surface area contributed by atoms with E-state index in [4.69, 9.17) is 5.73 Å². The lowest BCUT2D eigenvalue weighted by atomic mass is 10.0. The highest BCUT2D eigenvalue weighted by Gasteiger charge is 2.16. The molecule has 0 aliphatic carbocycles. The lowest BCUT2D eigenvalue weighted by Crippen LogP contribution is -2.33. The molecule has 1 atom stereocenters. The number of pyridine rings is 1. The highest BCUT2D eigenvalue weighted by molar-refractivity contribution is 5.99. The Morgan fingerprint density at radius 2 is 2.05 bits per heavy atom. The minimum Gasteiger partial charge on any atom is -0.352 e. The minimum absolute atomic E-state index is 0. The molecule has 1 heterocycles. The van der Waals surface area contributed by atoms with Gasteiger partial charge in [0.05, 0.1) is 0 Å². The van der Waals surface area contributed by atoms with Gasteiger partial charge in [0.2, 0.25) is 0 Å². The van der Waals surface area contributed by atoms with E-state index >= 15 is 0 Å². The molecule has 21 heavy (non-hydrogen) atoms. The molecule has 5 nitrogen and oxygen atoms in total. The molecule has 1 unspecified atom stereocenters. The van der Waals surface area contributed by atoms with Gasteiger partial charge >= 0.3 is 0 Å². The maximum absolute atomic E-state index is 12.1. The number of hydrogen-bond donors (Lipinski definition) is 3. The van der Waals surface area contributed by atoms with E-state index in [-0.39, 0.29) is 35.5 Å². The third kappa shape index (κ3) is 3.83. The van der Waals surface area contributed by atoms with Gasteiger partial charge in [-0.25, -0.2) is 0 Å². The average Bonchev–Trinajstić information content (AvgIpc) is 2.38. The molecular weight excluding hydrogens is 290 g/mol. The second kappa shape index (κ2) is 7.24. The smallest absolute Gasteiger partial charge is 0.261 e. The van der Waals surface area contributed by atoms with Crippen molar-refractivity contribution in [2.24, 2.45) is 5.73 Å². The van der Waals surface area contributed by atoms with Gasteiger partial charge in [-0.05, 0) is 31.9 Å². The number of amides is 1. The first-order valence-electron chi connectivity index (χ1n) is 6.66. The fraction of sp³-hybridized carbons (Fsp3) is 0.333. The molecule has 6 heteroatoms. The molecule has 0 bridgehead atoms. The van der Waals surface area contributed by atoms with Crippen LogP contribution in [0.15, 0.2) is 29.1 Å². The van der Waals surface area contributed by atoms with E-state index in [2.05, 4.69) is 10.3 Å². The summed E-state index contributed by atoms with van der Waals surface area (Å²) in [6.45, 7) is 4.13. The lowest BCUT2D eigenvalue weighted by molar-refractivity contribution is 0.0951. The first-order valence-corrected chi connectivity index (χ1v) is 6.66. The topological polar surface area (TPSA) is 88.0 Å². The van der Waals surface area contributed by atoms with E-state index in [9.17, 15) is 9.59 Å². The van der Waals surface area contributed by atoms with Crippen LogP contribution >= 0.6 is 12.4 Å². The van der Waals surface area contributed by atoms with Crippen LogP contribution in [0.5, 0.6) is 0 Å². The molecule has 0 radical (unpaired) electrons. The molecule has 1 aromatic heterocycles. The lowest BCUT2D eigenvalue weighted by Gasteiger charge is -2.10. The molecular formula is C15H20ClN3O2. The summed E-state index contributed by atoms with van der Waals surface area (Å²) in [5.41, 5.74) is 6.88. The Labute approximate surface area is 129 Å². The van der Waals surface area contributed by atoms with E-state index in [1.165, 1.54) is 0 Å². The van der Waals surface area contributed by atoms with E-state index < -0.39 is 0 Å². The third-order valence-corrected chi connectivity index (χ3v) is 3.29. The number of nitrogens with one attached hydrogen (secondary N) is 2. The summed E-state index contributed by atoms with van der Waals surface area (Å²) in [7, 11) is 0. The van der Waals surface area contributed by atoms with Crippen molar-refractivity contribution in [1.82, 2.24) is 10.3 Å². The van der Waals surface area contributed by atoms with Crippen LogP contribution in [0, 0.1) is 6.92 Å². The van der Waals surface area contributed by atoms with Crippen LogP contribution in [0.4, 0.5) is 0 Å². The number of aromatic nitrogens is 1. The van der Waals surface area contributed by atoms with Gasteiger partial charge < -0.3 is 16.0 Å². The molecule has 0 spiro atoms. The second-order valence-electron chi connectivity index (χ2n) is 5.02. The number of aryl methyl sites for hydroxylation is 1. The van der Waals surface area contributed by atoms with Gasteiger partial charge in [-0.15, -0.1) is 12.4 Å².